The Hall–Kier alpha value is -1.56. The highest BCUT2D eigenvalue weighted by Gasteiger charge is 2.57. The number of Topliss-reactive ketones (excluding diaryl/α,β-unsaturated/α-hetero) is 2. The van der Waals surface area contributed by atoms with E-state index in [1.54, 1.807) is 0 Å². The Morgan fingerprint density at radius 3 is 0.983 bits per heavy atom. The monoisotopic (exact) mass is 843 g/mol. The van der Waals surface area contributed by atoms with Crippen molar-refractivity contribution in [3.05, 3.63) is 36.5 Å². The van der Waals surface area contributed by atoms with Gasteiger partial charge in [0.25, 0.3) is 0 Å². The van der Waals surface area contributed by atoms with Gasteiger partial charge in [-0.05, 0) is 83.5 Å². The fourth-order valence-electron chi connectivity index (χ4n) is 8.47. The molecule has 0 bridgehead atoms. The summed E-state index contributed by atoms with van der Waals surface area (Å²) in [5.41, 5.74) is -4.72. The van der Waals surface area contributed by atoms with Gasteiger partial charge in [0.2, 0.25) is 0 Å². The van der Waals surface area contributed by atoms with Crippen LogP contribution < -0.4 is 0 Å². The van der Waals surface area contributed by atoms with Gasteiger partial charge in [-0.3, -0.25) is 9.59 Å². The molecule has 3 N–H and O–H groups in total. The third-order valence-electron chi connectivity index (χ3n) is 12.7. The first-order chi connectivity index (χ1) is 29.3. The number of aliphatic hydroxyl groups is 3. The lowest BCUT2D eigenvalue weighted by atomic mass is 9.71. The number of ketones is 2. The van der Waals surface area contributed by atoms with Gasteiger partial charge in [-0.2, -0.15) is 0 Å². The summed E-state index contributed by atoms with van der Waals surface area (Å²) in [6.45, 7) is 5.82. The zero-order valence-electron chi connectivity index (χ0n) is 40.3. The van der Waals surface area contributed by atoms with Gasteiger partial charge < -0.3 is 15.3 Å². The Morgan fingerprint density at radius 1 is 0.350 bits per heavy atom. The maximum atomic E-state index is 13.8. The van der Waals surface area contributed by atoms with E-state index in [9.17, 15) is 24.9 Å². The van der Waals surface area contributed by atoms with Crippen LogP contribution in [0.5, 0.6) is 0 Å². The lowest BCUT2D eigenvalue weighted by Gasteiger charge is -2.40. The Morgan fingerprint density at radius 2 is 0.617 bits per heavy atom. The normalized spacial score (nSPS) is 14.2. The highest BCUT2D eigenvalue weighted by atomic mass is 16.4. The number of hydrogen-bond acceptors (Lipinski definition) is 5. The minimum atomic E-state index is -2.46. The van der Waals surface area contributed by atoms with Crippen molar-refractivity contribution in [2.75, 3.05) is 6.61 Å². The molecule has 2 unspecified atom stereocenters. The van der Waals surface area contributed by atoms with Crippen molar-refractivity contribution in [2.45, 2.75) is 295 Å². The van der Waals surface area contributed by atoms with Crippen LogP contribution in [0.1, 0.15) is 284 Å². The molecule has 0 aromatic carbocycles. The average molecular weight is 843 g/mol. The van der Waals surface area contributed by atoms with Gasteiger partial charge in [0.1, 0.15) is 0 Å². The van der Waals surface area contributed by atoms with Gasteiger partial charge in [0, 0.05) is 12.8 Å². The van der Waals surface area contributed by atoms with Crippen molar-refractivity contribution < 1.29 is 24.9 Å². The molecule has 0 aromatic rings. The fraction of sp³-hybridized carbons (Fsp3) is 0.855. The number of hydrogen-bond donors (Lipinski definition) is 3. The third-order valence-corrected chi connectivity index (χ3v) is 12.7. The molecular weight excluding hydrogens is 741 g/mol. The molecule has 0 radical (unpaired) electrons. The quantitative estimate of drug-likeness (QED) is 0.0419. The van der Waals surface area contributed by atoms with Crippen molar-refractivity contribution in [3.8, 4) is 0 Å². The summed E-state index contributed by atoms with van der Waals surface area (Å²) in [4.78, 5) is 27.4. The zero-order valence-corrected chi connectivity index (χ0v) is 40.3. The molecule has 0 aliphatic carbocycles. The molecule has 0 rings (SSSR count). The largest absolute Gasteiger partial charge is 0.393 e. The van der Waals surface area contributed by atoms with Crippen molar-refractivity contribution in [1.82, 2.24) is 0 Å². The molecule has 0 aliphatic heterocycles. The molecule has 2 atom stereocenters. The molecule has 352 valence electrons. The van der Waals surface area contributed by atoms with E-state index in [0.717, 1.165) is 89.9 Å². The van der Waals surface area contributed by atoms with E-state index in [2.05, 4.69) is 57.2 Å². The van der Waals surface area contributed by atoms with E-state index < -0.39 is 29.4 Å². The minimum Gasteiger partial charge on any atom is -0.393 e. The highest BCUT2D eigenvalue weighted by molar-refractivity contribution is 5.99. The molecule has 0 fully saturated rings. The molecule has 0 saturated carbocycles. The van der Waals surface area contributed by atoms with Gasteiger partial charge in [-0.1, -0.05) is 224 Å². The van der Waals surface area contributed by atoms with E-state index in [0.29, 0.717) is 19.3 Å². The Labute approximate surface area is 373 Å². The van der Waals surface area contributed by atoms with E-state index in [1.165, 1.54) is 135 Å². The maximum absolute atomic E-state index is 13.8. The summed E-state index contributed by atoms with van der Waals surface area (Å²) in [5, 5.41) is 34.2. The number of rotatable bonds is 48. The number of carbonyl (C=O) groups is 2. The van der Waals surface area contributed by atoms with Crippen LogP contribution in [0.4, 0.5) is 0 Å². The molecule has 5 heteroatoms. The predicted molar refractivity (Wildman–Crippen MR) is 261 cm³/mol. The van der Waals surface area contributed by atoms with E-state index >= 15 is 0 Å². The number of aliphatic hydroxyl groups excluding tert-OH is 1. The van der Waals surface area contributed by atoms with Crippen molar-refractivity contribution in [2.24, 2.45) is 0 Å². The van der Waals surface area contributed by atoms with Crippen LogP contribution in [0.2, 0.25) is 0 Å². The SMILES string of the molecule is CCCCC/C=C\C/C=C\CCCCCCCC(=O)C(O)(CCCCCCCC/C=C\CCCCCCCC)C(O)(CO)C(=O)CCCCCCCCCCCCCCC. The van der Waals surface area contributed by atoms with Gasteiger partial charge in [0.05, 0.1) is 6.61 Å². The number of carbonyl (C=O) groups excluding carboxylic acids is 2. The Bertz CT molecular complexity index is 1030. The minimum absolute atomic E-state index is 0.00861. The second-order valence-electron chi connectivity index (χ2n) is 18.4. The molecule has 0 heterocycles. The molecule has 0 aliphatic rings. The molecule has 0 amide bonds. The summed E-state index contributed by atoms with van der Waals surface area (Å²) in [5.74, 6) is -1.08. The first-order valence-corrected chi connectivity index (χ1v) is 26.4. The van der Waals surface area contributed by atoms with Crippen molar-refractivity contribution in [1.29, 1.82) is 0 Å². The summed E-state index contributed by atoms with van der Waals surface area (Å²) >= 11 is 0. The van der Waals surface area contributed by atoms with Gasteiger partial charge in [-0.25, -0.2) is 0 Å². The second-order valence-corrected chi connectivity index (χ2v) is 18.4. The van der Waals surface area contributed by atoms with Crippen LogP contribution in [0.15, 0.2) is 36.5 Å². The van der Waals surface area contributed by atoms with Gasteiger partial charge >= 0.3 is 0 Å². The first kappa shape index (κ1) is 58.4. The van der Waals surface area contributed by atoms with E-state index in [1.807, 2.05) is 0 Å². The number of unbranched alkanes of at least 4 members (excludes halogenated alkanes) is 32. The van der Waals surface area contributed by atoms with Crippen LogP contribution in [0.3, 0.4) is 0 Å². The molecule has 0 saturated heterocycles. The van der Waals surface area contributed by atoms with Gasteiger partial charge in [0.15, 0.2) is 22.8 Å². The van der Waals surface area contributed by atoms with Crippen LogP contribution in [-0.4, -0.2) is 44.7 Å². The van der Waals surface area contributed by atoms with Crippen molar-refractivity contribution >= 4 is 11.6 Å². The molecule has 0 aromatic heterocycles. The zero-order chi connectivity index (χ0) is 44.1. The van der Waals surface area contributed by atoms with Crippen LogP contribution in [0.25, 0.3) is 0 Å². The predicted octanol–water partition coefficient (Wildman–Crippen LogP) is 16.3. The smallest absolute Gasteiger partial charge is 0.181 e. The summed E-state index contributed by atoms with van der Waals surface area (Å²) in [6, 6.07) is 0. The fourth-order valence-corrected chi connectivity index (χ4v) is 8.47. The molecular formula is C55H102O5. The lowest BCUT2D eigenvalue weighted by Crippen LogP contribution is -2.65. The third kappa shape index (κ3) is 32.2. The standard InChI is InChI=1S/C55H102O5/c1-4-7-10-13-16-19-22-25-27-29-32-35-38-41-44-47-50-54(59,52(57)48-45-42-39-36-34-31-28-26-23-20-17-14-11-8-5-2)55(60,51-56)53(58)49-46-43-40-37-33-30-24-21-18-15-12-9-6-3/h17,20,25-28,56,59-60H,4-16,18-19,21-24,29-51H2,1-3H3/b20-17-,27-25-,28-26-. The van der Waals surface area contributed by atoms with Crippen LogP contribution >= 0.6 is 0 Å². The highest BCUT2D eigenvalue weighted by Crippen LogP contribution is 2.34. The maximum Gasteiger partial charge on any atom is 0.181 e. The van der Waals surface area contributed by atoms with E-state index in [-0.39, 0.29) is 19.3 Å². The van der Waals surface area contributed by atoms with Crippen LogP contribution in [-0.2, 0) is 9.59 Å². The number of allylic oxidation sites excluding steroid dienone is 6. The average Bonchev–Trinajstić information content (AvgIpc) is 3.25. The van der Waals surface area contributed by atoms with Gasteiger partial charge in [-0.15, -0.1) is 0 Å². The summed E-state index contributed by atoms with van der Waals surface area (Å²) in [6.07, 6.45) is 57.2. The Balaban J connectivity index is 4.85. The lowest BCUT2D eigenvalue weighted by molar-refractivity contribution is -0.192. The molecule has 60 heavy (non-hydrogen) atoms. The Kier molecular flexibility index (Phi) is 42.9. The summed E-state index contributed by atoms with van der Waals surface area (Å²) < 4.78 is 0. The van der Waals surface area contributed by atoms with Crippen LogP contribution in [0, 0.1) is 0 Å². The molecule has 0 spiro atoms. The topological polar surface area (TPSA) is 94.8 Å². The second kappa shape index (κ2) is 44.1. The van der Waals surface area contributed by atoms with Crippen molar-refractivity contribution in [3.63, 3.8) is 0 Å². The molecule has 5 nitrogen and oxygen atoms in total. The van der Waals surface area contributed by atoms with E-state index in [4.69, 9.17) is 0 Å². The summed E-state index contributed by atoms with van der Waals surface area (Å²) in [7, 11) is 0. The first-order valence-electron chi connectivity index (χ1n) is 26.4.